The molecule has 0 aliphatic rings. The Bertz CT molecular complexity index is 492. The Morgan fingerprint density at radius 1 is 1.36 bits per heavy atom. The number of hydrogen-bond donors (Lipinski definition) is 2. The maximum atomic E-state index is 11.8. The number of carbonyl (C=O) groups excluding carboxylic acids is 1. The zero-order chi connectivity index (χ0) is 16.4. The highest BCUT2D eigenvalue weighted by molar-refractivity contribution is 7.84. The molecule has 0 aromatic heterocycles. The lowest BCUT2D eigenvalue weighted by Gasteiger charge is -2.10. The Morgan fingerprint density at radius 2 is 2.14 bits per heavy atom. The van der Waals surface area contributed by atoms with E-state index in [1.165, 1.54) is 0 Å². The fourth-order valence-corrected chi connectivity index (χ4v) is 2.87. The van der Waals surface area contributed by atoms with Crippen molar-refractivity contribution < 1.29 is 13.7 Å². The molecule has 0 aliphatic carbocycles. The minimum absolute atomic E-state index is 0.210. The van der Waals surface area contributed by atoms with Crippen LogP contribution in [0.15, 0.2) is 24.3 Å². The Labute approximate surface area is 135 Å². The van der Waals surface area contributed by atoms with Crippen molar-refractivity contribution >= 4 is 22.5 Å². The van der Waals surface area contributed by atoms with Gasteiger partial charge in [0, 0.05) is 41.6 Å². The summed E-state index contributed by atoms with van der Waals surface area (Å²) >= 11 is 0. The molecule has 0 spiro atoms. The number of nitrogens with one attached hydrogen (secondary N) is 2. The van der Waals surface area contributed by atoms with Crippen LogP contribution in [0, 0.1) is 5.92 Å². The van der Waals surface area contributed by atoms with Gasteiger partial charge in [-0.2, -0.15) is 0 Å². The number of amides is 2. The van der Waals surface area contributed by atoms with E-state index in [2.05, 4.69) is 24.5 Å². The topological polar surface area (TPSA) is 67.4 Å². The second kappa shape index (κ2) is 10.3. The van der Waals surface area contributed by atoms with Crippen molar-refractivity contribution in [2.45, 2.75) is 26.0 Å². The van der Waals surface area contributed by atoms with Gasteiger partial charge >= 0.3 is 6.03 Å². The zero-order valence-corrected chi connectivity index (χ0v) is 14.4. The van der Waals surface area contributed by atoms with Crippen molar-refractivity contribution in [3.63, 3.8) is 0 Å². The molecule has 124 valence electrons. The van der Waals surface area contributed by atoms with E-state index in [1.807, 2.05) is 24.3 Å². The molecule has 1 aromatic rings. The molecule has 0 fully saturated rings. The first kappa shape index (κ1) is 18.6. The smallest absolute Gasteiger partial charge is 0.319 e. The van der Waals surface area contributed by atoms with E-state index in [4.69, 9.17) is 4.74 Å². The van der Waals surface area contributed by atoms with Gasteiger partial charge in [-0.15, -0.1) is 0 Å². The molecule has 0 bridgehead atoms. The van der Waals surface area contributed by atoms with Gasteiger partial charge in [-0.25, -0.2) is 4.79 Å². The quantitative estimate of drug-likeness (QED) is 0.733. The van der Waals surface area contributed by atoms with Crippen molar-refractivity contribution in [2.75, 3.05) is 31.3 Å². The van der Waals surface area contributed by atoms with Gasteiger partial charge in [0.05, 0.1) is 6.61 Å². The average molecular weight is 326 g/mol. The number of hydrogen-bond acceptors (Lipinski definition) is 3. The minimum Gasteiger partial charge on any atom is -0.384 e. The predicted molar refractivity (Wildman–Crippen MR) is 91.5 cm³/mol. The number of anilines is 1. The summed E-state index contributed by atoms with van der Waals surface area (Å²) in [4.78, 5) is 11.8. The molecule has 6 heteroatoms. The van der Waals surface area contributed by atoms with E-state index < -0.39 is 10.8 Å². The first-order valence-corrected chi connectivity index (χ1v) is 8.97. The van der Waals surface area contributed by atoms with Crippen LogP contribution in [0.1, 0.15) is 25.8 Å². The number of rotatable bonds is 9. The van der Waals surface area contributed by atoms with E-state index >= 15 is 0 Å². The lowest BCUT2D eigenvalue weighted by atomic mass is 10.1. The number of methoxy groups -OCH3 is 1. The molecule has 22 heavy (non-hydrogen) atoms. The summed E-state index contributed by atoms with van der Waals surface area (Å²) in [5.41, 5.74) is 1.65. The zero-order valence-electron chi connectivity index (χ0n) is 13.6. The van der Waals surface area contributed by atoms with E-state index in [9.17, 15) is 9.00 Å². The third kappa shape index (κ3) is 8.14. The molecule has 0 saturated carbocycles. The van der Waals surface area contributed by atoms with Gasteiger partial charge in [-0.1, -0.05) is 26.0 Å². The molecule has 1 rings (SSSR count). The van der Waals surface area contributed by atoms with Crippen molar-refractivity contribution in [1.82, 2.24) is 5.32 Å². The van der Waals surface area contributed by atoms with Crippen molar-refractivity contribution in [3.8, 4) is 0 Å². The van der Waals surface area contributed by atoms with Crippen molar-refractivity contribution in [2.24, 2.45) is 5.92 Å². The van der Waals surface area contributed by atoms with Crippen LogP contribution in [0.2, 0.25) is 0 Å². The number of benzene rings is 1. The van der Waals surface area contributed by atoms with Crippen LogP contribution in [0.3, 0.4) is 0 Å². The maximum Gasteiger partial charge on any atom is 0.319 e. The average Bonchev–Trinajstić information content (AvgIpc) is 2.45. The van der Waals surface area contributed by atoms with Crippen LogP contribution < -0.4 is 10.6 Å². The fourth-order valence-electron chi connectivity index (χ4n) is 1.82. The van der Waals surface area contributed by atoms with Crippen LogP contribution in [-0.4, -0.2) is 36.3 Å². The Morgan fingerprint density at radius 3 is 2.82 bits per heavy atom. The highest BCUT2D eigenvalue weighted by Crippen LogP contribution is 2.12. The second-order valence-electron chi connectivity index (χ2n) is 5.54. The molecule has 5 nitrogen and oxygen atoms in total. The highest BCUT2D eigenvalue weighted by Gasteiger charge is 2.05. The van der Waals surface area contributed by atoms with Crippen LogP contribution in [0.4, 0.5) is 10.5 Å². The van der Waals surface area contributed by atoms with Gasteiger partial charge in [-0.05, 0) is 30.0 Å². The SMILES string of the molecule is COCC[S@](=O)Cc1cccc(NC(=O)NCCC(C)C)c1. The van der Waals surface area contributed by atoms with E-state index in [0.29, 0.717) is 36.3 Å². The predicted octanol–water partition coefficient (Wildman–Crippen LogP) is 2.75. The van der Waals surface area contributed by atoms with Gasteiger partial charge in [0.25, 0.3) is 0 Å². The Kier molecular flexibility index (Phi) is 8.77. The second-order valence-corrected chi connectivity index (χ2v) is 7.12. The monoisotopic (exact) mass is 326 g/mol. The largest absolute Gasteiger partial charge is 0.384 e. The third-order valence-electron chi connectivity index (χ3n) is 3.03. The summed E-state index contributed by atoms with van der Waals surface area (Å²) in [5, 5.41) is 5.62. The van der Waals surface area contributed by atoms with Gasteiger partial charge < -0.3 is 15.4 Å². The lowest BCUT2D eigenvalue weighted by molar-refractivity contribution is 0.218. The number of urea groups is 1. The van der Waals surface area contributed by atoms with Gasteiger partial charge in [-0.3, -0.25) is 4.21 Å². The summed E-state index contributed by atoms with van der Waals surface area (Å²) in [6.45, 7) is 5.38. The molecule has 0 aliphatic heterocycles. The molecular weight excluding hydrogens is 300 g/mol. The minimum atomic E-state index is -0.955. The van der Waals surface area contributed by atoms with Crippen LogP contribution in [-0.2, 0) is 21.3 Å². The molecular formula is C16H26N2O3S. The van der Waals surface area contributed by atoms with Crippen molar-refractivity contribution in [3.05, 3.63) is 29.8 Å². The lowest BCUT2D eigenvalue weighted by Crippen LogP contribution is -2.30. The molecule has 1 aromatic carbocycles. The first-order valence-electron chi connectivity index (χ1n) is 7.49. The van der Waals surface area contributed by atoms with Gasteiger partial charge in [0.15, 0.2) is 0 Å². The molecule has 0 unspecified atom stereocenters. The van der Waals surface area contributed by atoms with E-state index in [-0.39, 0.29) is 6.03 Å². The van der Waals surface area contributed by atoms with Crippen molar-refractivity contribution in [1.29, 1.82) is 0 Å². The summed E-state index contributed by atoms with van der Waals surface area (Å²) in [6, 6.07) is 7.23. The maximum absolute atomic E-state index is 11.8. The van der Waals surface area contributed by atoms with E-state index in [1.54, 1.807) is 7.11 Å². The van der Waals surface area contributed by atoms with Crippen LogP contribution >= 0.6 is 0 Å². The normalized spacial score (nSPS) is 12.2. The molecule has 0 radical (unpaired) electrons. The molecule has 2 amide bonds. The van der Waals surface area contributed by atoms with Gasteiger partial charge in [0.1, 0.15) is 0 Å². The highest BCUT2D eigenvalue weighted by atomic mass is 32.2. The Hall–Kier alpha value is -1.40. The summed E-state index contributed by atoms with van der Waals surface area (Å²) in [6.07, 6.45) is 0.950. The molecule has 0 saturated heterocycles. The first-order chi connectivity index (χ1) is 10.5. The summed E-state index contributed by atoms with van der Waals surface area (Å²) in [5.74, 6) is 1.54. The fraction of sp³-hybridized carbons (Fsp3) is 0.562. The molecule has 1 atom stereocenters. The Balaban J connectivity index is 2.46. The van der Waals surface area contributed by atoms with Gasteiger partial charge in [0.2, 0.25) is 0 Å². The van der Waals surface area contributed by atoms with Crippen LogP contribution in [0.25, 0.3) is 0 Å². The standard InChI is InChI=1S/C16H26N2O3S/c1-13(2)7-8-17-16(19)18-15-6-4-5-14(11-15)12-22(20)10-9-21-3/h4-6,11,13H,7-10,12H2,1-3H3,(H2,17,18,19)/t22-/m0/s1. The summed E-state index contributed by atoms with van der Waals surface area (Å²) < 4.78 is 16.8. The summed E-state index contributed by atoms with van der Waals surface area (Å²) in [7, 11) is 0.642. The van der Waals surface area contributed by atoms with Crippen LogP contribution in [0.5, 0.6) is 0 Å². The third-order valence-corrected chi connectivity index (χ3v) is 4.31. The number of carbonyl (C=O) groups is 1. The van der Waals surface area contributed by atoms with E-state index in [0.717, 1.165) is 12.0 Å². The molecule has 0 heterocycles. The number of ether oxygens (including phenoxy) is 1. The molecule has 2 N–H and O–H groups in total.